The molecule has 35 heavy (non-hydrogen) atoms. The normalized spacial score (nSPS) is 23.9. The summed E-state index contributed by atoms with van der Waals surface area (Å²) in [6.07, 6.45) is 9.02. The minimum atomic E-state index is -0.509. The molecule has 0 heterocycles. The molecule has 2 aromatic carbocycles. The van der Waals surface area contributed by atoms with Crippen molar-refractivity contribution in [1.82, 2.24) is 0 Å². The molecular weight excluding hydrogens is 439 g/mol. The van der Waals surface area contributed by atoms with Gasteiger partial charge in [-0.15, -0.1) is 0 Å². The SMILES string of the molecule is C=C(/C=C1/CC2CC2/C1=C/C)OCc1cc(-c2c(C)cc(OCCC3(O)CC3)cc2C)ccc1F. The van der Waals surface area contributed by atoms with Crippen molar-refractivity contribution in [1.29, 1.82) is 0 Å². The average molecular weight is 475 g/mol. The van der Waals surface area contributed by atoms with Crippen LogP contribution in [0.1, 0.15) is 55.7 Å². The Hall–Kier alpha value is -2.85. The van der Waals surface area contributed by atoms with Crippen molar-refractivity contribution in [3.8, 4) is 16.9 Å². The summed E-state index contributed by atoms with van der Waals surface area (Å²) < 4.78 is 26.4. The lowest BCUT2D eigenvalue weighted by Gasteiger charge is -2.16. The van der Waals surface area contributed by atoms with Gasteiger partial charge in [0.05, 0.1) is 12.2 Å². The van der Waals surface area contributed by atoms with Gasteiger partial charge < -0.3 is 14.6 Å². The van der Waals surface area contributed by atoms with Gasteiger partial charge in [-0.3, -0.25) is 0 Å². The van der Waals surface area contributed by atoms with Crippen LogP contribution in [-0.2, 0) is 11.3 Å². The number of hydrogen-bond donors (Lipinski definition) is 1. The van der Waals surface area contributed by atoms with Gasteiger partial charge in [0.2, 0.25) is 0 Å². The van der Waals surface area contributed by atoms with Crippen molar-refractivity contribution in [3.05, 3.63) is 88.5 Å². The first-order chi connectivity index (χ1) is 16.8. The average Bonchev–Trinajstić information content (AvgIpc) is 3.71. The Morgan fingerprint density at radius 2 is 1.94 bits per heavy atom. The number of halogens is 1. The van der Waals surface area contributed by atoms with Gasteiger partial charge in [-0.2, -0.15) is 0 Å². The molecule has 0 bridgehead atoms. The van der Waals surface area contributed by atoms with Crippen LogP contribution in [0, 0.1) is 31.5 Å². The molecule has 5 rings (SSSR count). The zero-order valence-electron chi connectivity index (χ0n) is 21.0. The fraction of sp³-hybridized carbons (Fsp3) is 0.419. The van der Waals surface area contributed by atoms with Gasteiger partial charge >= 0.3 is 0 Å². The van der Waals surface area contributed by atoms with Crippen LogP contribution in [-0.4, -0.2) is 17.3 Å². The molecule has 4 heteroatoms. The largest absolute Gasteiger partial charge is 0.493 e. The van der Waals surface area contributed by atoms with Crippen LogP contribution in [0.5, 0.6) is 5.75 Å². The van der Waals surface area contributed by atoms with Crippen molar-refractivity contribution in [2.45, 2.75) is 65.1 Å². The Morgan fingerprint density at radius 1 is 1.20 bits per heavy atom. The van der Waals surface area contributed by atoms with Crippen molar-refractivity contribution < 1.29 is 19.0 Å². The highest BCUT2D eigenvalue weighted by molar-refractivity contribution is 5.72. The van der Waals surface area contributed by atoms with Gasteiger partial charge in [0, 0.05) is 12.0 Å². The van der Waals surface area contributed by atoms with Gasteiger partial charge in [0.15, 0.2) is 0 Å². The van der Waals surface area contributed by atoms with E-state index in [0.29, 0.717) is 24.4 Å². The molecule has 3 aliphatic carbocycles. The van der Waals surface area contributed by atoms with Crippen molar-refractivity contribution in [2.75, 3.05) is 6.61 Å². The number of hydrogen-bond acceptors (Lipinski definition) is 3. The third-order valence-corrected chi connectivity index (χ3v) is 7.74. The Labute approximate surface area is 208 Å². The summed E-state index contributed by atoms with van der Waals surface area (Å²) in [6.45, 7) is 10.9. The molecule has 2 atom stereocenters. The first-order valence-corrected chi connectivity index (χ1v) is 12.7. The summed E-state index contributed by atoms with van der Waals surface area (Å²) in [7, 11) is 0. The summed E-state index contributed by atoms with van der Waals surface area (Å²) >= 11 is 0. The van der Waals surface area contributed by atoms with Crippen LogP contribution in [0.15, 0.2) is 66.0 Å². The molecule has 0 aliphatic heterocycles. The first-order valence-electron chi connectivity index (χ1n) is 12.7. The number of benzene rings is 2. The maximum Gasteiger partial charge on any atom is 0.129 e. The number of ether oxygens (including phenoxy) is 2. The minimum Gasteiger partial charge on any atom is -0.493 e. The molecule has 3 nitrogen and oxygen atoms in total. The summed E-state index contributed by atoms with van der Waals surface area (Å²) in [4.78, 5) is 0. The third-order valence-electron chi connectivity index (χ3n) is 7.74. The molecule has 2 aromatic rings. The van der Waals surface area contributed by atoms with E-state index in [9.17, 15) is 9.50 Å². The van der Waals surface area contributed by atoms with E-state index in [2.05, 4.69) is 19.6 Å². The van der Waals surface area contributed by atoms with E-state index in [1.54, 1.807) is 0 Å². The monoisotopic (exact) mass is 474 g/mol. The van der Waals surface area contributed by atoms with Crippen LogP contribution in [0.4, 0.5) is 4.39 Å². The van der Waals surface area contributed by atoms with Gasteiger partial charge in [-0.05, 0) is 122 Å². The van der Waals surface area contributed by atoms with Gasteiger partial charge in [0.25, 0.3) is 0 Å². The van der Waals surface area contributed by atoms with Gasteiger partial charge in [0.1, 0.15) is 23.9 Å². The lowest BCUT2D eigenvalue weighted by molar-refractivity contribution is 0.117. The molecule has 0 amide bonds. The summed E-state index contributed by atoms with van der Waals surface area (Å²) in [5, 5.41) is 10.0. The minimum absolute atomic E-state index is 0.141. The summed E-state index contributed by atoms with van der Waals surface area (Å²) in [5.41, 5.74) is 6.90. The van der Waals surface area contributed by atoms with E-state index in [0.717, 1.165) is 59.1 Å². The Morgan fingerprint density at radius 3 is 2.63 bits per heavy atom. The second kappa shape index (κ2) is 9.31. The topological polar surface area (TPSA) is 38.7 Å². The highest BCUT2D eigenvalue weighted by Gasteiger charge is 2.46. The molecule has 2 unspecified atom stereocenters. The highest BCUT2D eigenvalue weighted by atomic mass is 19.1. The first kappa shape index (κ1) is 23.9. The Kier molecular flexibility index (Phi) is 6.35. The van der Waals surface area contributed by atoms with Crippen molar-refractivity contribution in [3.63, 3.8) is 0 Å². The molecule has 0 radical (unpaired) electrons. The van der Waals surface area contributed by atoms with E-state index in [-0.39, 0.29) is 12.4 Å². The summed E-state index contributed by atoms with van der Waals surface area (Å²) in [6, 6.07) is 9.22. The lowest BCUT2D eigenvalue weighted by Crippen LogP contribution is -2.12. The van der Waals surface area contributed by atoms with Crippen LogP contribution in [0.25, 0.3) is 11.1 Å². The molecule has 1 N–H and O–H groups in total. The molecule has 0 aromatic heterocycles. The number of aliphatic hydroxyl groups is 1. The van der Waals surface area contributed by atoms with E-state index >= 15 is 0 Å². The second-order valence-corrected chi connectivity index (χ2v) is 10.5. The number of fused-ring (bicyclic) bond motifs is 1. The fourth-order valence-electron chi connectivity index (χ4n) is 5.50. The number of allylic oxidation sites excluding steroid dienone is 4. The molecule has 0 spiro atoms. The molecule has 184 valence electrons. The quantitative estimate of drug-likeness (QED) is 0.386. The predicted octanol–water partition coefficient (Wildman–Crippen LogP) is 7.35. The molecule has 3 aliphatic rings. The van der Waals surface area contributed by atoms with E-state index in [4.69, 9.17) is 9.47 Å². The van der Waals surface area contributed by atoms with E-state index in [1.165, 1.54) is 23.6 Å². The lowest BCUT2D eigenvalue weighted by atomic mass is 9.94. The number of rotatable bonds is 9. The molecule has 3 saturated carbocycles. The van der Waals surface area contributed by atoms with Crippen LogP contribution >= 0.6 is 0 Å². The fourth-order valence-corrected chi connectivity index (χ4v) is 5.50. The predicted molar refractivity (Wildman–Crippen MR) is 138 cm³/mol. The van der Waals surface area contributed by atoms with Crippen LogP contribution < -0.4 is 4.74 Å². The smallest absolute Gasteiger partial charge is 0.129 e. The highest BCUT2D eigenvalue weighted by Crippen LogP contribution is 2.57. The Balaban J connectivity index is 1.26. The maximum atomic E-state index is 14.6. The molecular formula is C31H35FO3. The Bertz CT molecular complexity index is 1190. The standard InChI is InChI=1S/C31H35FO3/c1-5-27-23(16-24-17-28(24)27)14-21(4)35-18-25-15-22(6-7-29(25)32)30-19(2)12-26(13-20(30)3)34-11-10-31(33)8-9-31/h5-7,12-15,24,28,33H,4,8-11,16-18H2,1-3H3/b23-14-,27-5+. The second-order valence-electron chi connectivity index (χ2n) is 10.5. The van der Waals surface area contributed by atoms with Crippen molar-refractivity contribution >= 4 is 0 Å². The van der Waals surface area contributed by atoms with Crippen LogP contribution in [0.2, 0.25) is 0 Å². The van der Waals surface area contributed by atoms with Gasteiger partial charge in [-0.1, -0.05) is 18.7 Å². The number of aryl methyl sites for hydroxylation is 2. The maximum absolute atomic E-state index is 14.6. The van der Waals surface area contributed by atoms with Crippen molar-refractivity contribution in [2.24, 2.45) is 11.8 Å². The van der Waals surface area contributed by atoms with Crippen LogP contribution in [0.3, 0.4) is 0 Å². The third kappa shape index (κ3) is 5.23. The summed E-state index contributed by atoms with van der Waals surface area (Å²) in [5.74, 6) is 2.62. The zero-order chi connectivity index (χ0) is 24.7. The molecule has 3 fully saturated rings. The zero-order valence-corrected chi connectivity index (χ0v) is 21.0. The van der Waals surface area contributed by atoms with Gasteiger partial charge in [-0.25, -0.2) is 4.39 Å². The van der Waals surface area contributed by atoms with E-state index in [1.807, 2.05) is 44.2 Å². The molecule has 0 saturated heterocycles. The van der Waals surface area contributed by atoms with E-state index < -0.39 is 5.60 Å².